The van der Waals surface area contributed by atoms with E-state index in [1.165, 1.54) is 0 Å². The Labute approximate surface area is 112 Å². The average Bonchev–Trinajstić information content (AvgIpc) is 2.70. The standard InChI is InChI=1S/C12H17N3O3S/c1-15(2)11-4-3-10(7-13-11)14-12(16)9-5-6-19(17,18)8-9/h3-4,7,9H,5-6,8H2,1-2H3,(H,14,16)/t9-/m0/s1. The maximum Gasteiger partial charge on any atom is 0.228 e. The number of sulfone groups is 1. The minimum atomic E-state index is -3.03. The summed E-state index contributed by atoms with van der Waals surface area (Å²) in [7, 11) is 0.724. The molecular weight excluding hydrogens is 266 g/mol. The number of aromatic nitrogens is 1. The first-order valence-corrected chi connectivity index (χ1v) is 7.84. The molecule has 1 aliphatic rings. The number of anilines is 2. The van der Waals surface area contributed by atoms with Gasteiger partial charge in [0.2, 0.25) is 5.91 Å². The zero-order valence-electron chi connectivity index (χ0n) is 11.0. The molecule has 1 aliphatic heterocycles. The lowest BCUT2D eigenvalue weighted by molar-refractivity contribution is -0.119. The van der Waals surface area contributed by atoms with Gasteiger partial charge in [-0.1, -0.05) is 0 Å². The van der Waals surface area contributed by atoms with Crippen LogP contribution < -0.4 is 10.2 Å². The van der Waals surface area contributed by atoms with E-state index >= 15 is 0 Å². The molecule has 104 valence electrons. The molecule has 1 saturated heterocycles. The minimum Gasteiger partial charge on any atom is -0.363 e. The van der Waals surface area contributed by atoms with E-state index in [0.29, 0.717) is 12.1 Å². The van der Waals surface area contributed by atoms with Crippen LogP contribution in [0.3, 0.4) is 0 Å². The summed E-state index contributed by atoms with van der Waals surface area (Å²) in [5.74, 6) is 0.144. The number of hydrogen-bond donors (Lipinski definition) is 1. The van der Waals surface area contributed by atoms with E-state index in [1.807, 2.05) is 19.0 Å². The van der Waals surface area contributed by atoms with Gasteiger partial charge in [0.1, 0.15) is 5.82 Å². The number of pyridine rings is 1. The van der Waals surface area contributed by atoms with E-state index in [4.69, 9.17) is 0 Å². The van der Waals surface area contributed by atoms with Gasteiger partial charge in [-0.05, 0) is 18.6 Å². The summed E-state index contributed by atoms with van der Waals surface area (Å²) in [6, 6.07) is 3.55. The van der Waals surface area contributed by atoms with Gasteiger partial charge >= 0.3 is 0 Å². The van der Waals surface area contributed by atoms with Crippen LogP contribution in [0.4, 0.5) is 11.5 Å². The molecule has 0 bridgehead atoms. The third-order valence-electron chi connectivity index (χ3n) is 3.08. The molecule has 0 aromatic carbocycles. The first-order chi connectivity index (χ1) is 8.87. The van der Waals surface area contributed by atoms with Crippen molar-refractivity contribution in [2.75, 3.05) is 35.8 Å². The van der Waals surface area contributed by atoms with Crippen molar-refractivity contribution in [1.29, 1.82) is 0 Å². The molecule has 7 heteroatoms. The van der Waals surface area contributed by atoms with Gasteiger partial charge in [-0.3, -0.25) is 4.79 Å². The minimum absolute atomic E-state index is 0.0535. The van der Waals surface area contributed by atoms with Gasteiger partial charge in [-0.2, -0.15) is 0 Å². The zero-order valence-corrected chi connectivity index (χ0v) is 11.8. The van der Waals surface area contributed by atoms with Crippen LogP contribution in [0.5, 0.6) is 0 Å². The molecule has 0 radical (unpaired) electrons. The highest BCUT2D eigenvalue weighted by Gasteiger charge is 2.32. The average molecular weight is 283 g/mol. The number of hydrogen-bond acceptors (Lipinski definition) is 5. The van der Waals surface area contributed by atoms with Crippen molar-refractivity contribution >= 4 is 27.2 Å². The predicted molar refractivity (Wildman–Crippen MR) is 74.0 cm³/mol. The van der Waals surface area contributed by atoms with Crippen molar-refractivity contribution in [3.8, 4) is 0 Å². The fourth-order valence-corrected chi connectivity index (χ4v) is 3.71. The summed E-state index contributed by atoms with van der Waals surface area (Å²) in [6.07, 6.45) is 1.97. The molecular formula is C12H17N3O3S. The van der Waals surface area contributed by atoms with Crippen LogP contribution in [0, 0.1) is 5.92 Å². The molecule has 0 aliphatic carbocycles. The molecule has 1 atom stereocenters. The maximum absolute atomic E-state index is 11.9. The van der Waals surface area contributed by atoms with E-state index < -0.39 is 15.8 Å². The largest absolute Gasteiger partial charge is 0.363 e. The molecule has 19 heavy (non-hydrogen) atoms. The smallest absolute Gasteiger partial charge is 0.228 e. The third-order valence-corrected chi connectivity index (χ3v) is 4.84. The Morgan fingerprint density at radius 1 is 1.42 bits per heavy atom. The Bertz CT molecular complexity index is 566. The van der Waals surface area contributed by atoms with E-state index in [1.54, 1.807) is 18.3 Å². The van der Waals surface area contributed by atoms with E-state index in [-0.39, 0.29) is 17.4 Å². The second-order valence-corrected chi connectivity index (χ2v) is 7.12. The highest BCUT2D eigenvalue weighted by atomic mass is 32.2. The number of carbonyl (C=O) groups is 1. The van der Waals surface area contributed by atoms with Crippen molar-refractivity contribution in [2.24, 2.45) is 5.92 Å². The maximum atomic E-state index is 11.9. The van der Waals surface area contributed by atoms with Crippen LogP contribution in [-0.4, -0.2) is 44.9 Å². The van der Waals surface area contributed by atoms with Crippen LogP contribution in [0.2, 0.25) is 0 Å². The summed E-state index contributed by atoms with van der Waals surface area (Å²) in [5.41, 5.74) is 0.583. The molecule has 2 heterocycles. The number of amides is 1. The summed E-state index contributed by atoms with van der Waals surface area (Å²) >= 11 is 0. The van der Waals surface area contributed by atoms with Gasteiger partial charge in [-0.25, -0.2) is 13.4 Å². The van der Waals surface area contributed by atoms with Crippen molar-refractivity contribution in [1.82, 2.24) is 4.98 Å². The topological polar surface area (TPSA) is 79.4 Å². The Balaban J connectivity index is 1.99. The highest BCUT2D eigenvalue weighted by Crippen LogP contribution is 2.20. The van der Waals surface area contributed by atoms with Crippen LogP contribution >= 0.6 is 0 Å². The molecule has 1 amide bonds. The SMILES string of the molecule is CN(C)c1ccc(NC(=O)[C@H]2CCS(=O)(=O)C2)cn1. The fourth-order valence-electron chi connectivity index (χ4n) is 1.97. The van der Waals surface area contributed by atoms with Gasteiger partial charge in [0.05, 0.1) is 29.3 Å². The van der Waals surface area contributed by atoms with E-state index in [9.17, 15) is 13.2 Å². The molecule has 1 fully saturated rings. The first-order valence-electron chi connectivity index (χ1n) is 6.02. The normalized spacial score (nSPS) is 21.1. The highest BCUT2D eigenvalue weighted by molar-refractivity contribution is 7.91. The second-order valence-electron chi connectivity index (χ2n) is 4.89. The summed E-state index contributed by atoms with van der Waals surface area (Å²) in [4.78, 5) is 17.9. The molecule has 0 unspecified atom stereocenters. The van der Waals surface area contributed by atoms with Gasteiger partial charge in [0.15, 0.2) is 9.84 Å². The zero-order chi connectivity index (χ0) is 14.0. The van der Waals surface area contributed by atoms with E-state index in [0.717, 1.165) is 5.82 Å². The number of nitrogens with zero attached hydrogens (tertiary/aromatic N) is 2. The number of carbonyl (C=O) groups excluding carboxylic acids is 1. The lowest BCUT2D eigenvalue weighted by atomic mass is 10.1. The lowest BCUT2D eigenvalue weighted by Gasteiger charge is -2.12. The van der Waals surface area contributed by atoms with Crippen LogP contribution in [0.25, 0.3) is 0 Å². The summed E-state index contributed by atoms with van der Waals surface area (Å²) in [5, 5.41) is 2.70. The Morgan fingerprint density at radius 3 is 2.63 bits per heavy atom. The monoisotopic (exact) mass is 283 g/mol. The van der Waals surface area contributed by atoms with E-state index in [2.05, 4.69) is 10.3 Å². The van der Waals surface area contributed by atoms with Gasteiger partial charge in [0.25, 0.3) is 0 Å². The molecule has 0 saturated carbocycles. The van der Waals surface area contributed by atoms with Crippen molar-refractivity contribution in [3.63, 3.8) is 0 Å². The molecule has 6 nitrogen and oxygen atoms in total. The Hall–Kier alpha value is -1.63. The molecule has 1 N–H and O–H groups in total. The van der Waals surface area contributed by atoms with Crippen LogP contribution in [0.15, 0.2) is 18.3 Å². The summed E-state index contributed by atoms with van der Waals surface area (Å²) < 4.78 is 22.6. The molecule has 1 aromatic heterocycles. The van der Waals surface area contributed by atoms with Crippen molar-refractivity contribution in [3.05, 3.63) is 18.3 Å². The first kappa shape index (κ1) is 13.8. The van der Waals surface area contributed by atoms with Crippen LogP contribution in [0.1, 0.15) is 6.42 Å². The number of rotatable bonds is 3. The third kappa shape index (κ3) is 3.44. The van der Waals surface area contributed by atoms with Crippen molar-refractivity contribution < 1.29 is 13.2 Å². The molecule has 2 rings (SSSR count). The Kier molecular flexibility index (Phi) is 3.75. The van der Waals surface area contributed by atoms with Crippen LogP contribution in [-0.2, 0) is 14.6 Å². The fraction of sp³-hybridized carbons (Fsp3) is 0.500. The van der Waals surface area contributed by atoms with Gasteiger partial charge < -0.3 is 10.2 Å². The predicted octanol–water partition coefficient (Wildman–Crippen LogP) is 0.521. The second kappa shape index (κ2) is 5.16. The molecule has 1 aromatic rings. The quantitative estimate of drug-likeness (QED) is 0.875. The summed E-state index contributed by atoms with van der Waals surface area (Å²) in [6.45, 7) is 0. The van der Waals surface area contributed by atoms with Gasteiger partial charge in [-0.15, -0.1) is 0 Å². The van der Waals surface area contributed by atoms with Gasteiger partial charge in [0, 0.05) is 14.1 Å². The molecule has 0 spiro atoms. The Morgan fingerprint density at radius 2 is 2.16 bits per heavy atom. The lowest BCUT2D eigenvalue weighted by Crippen LogP contribution is -2.23. The van der Waals surface area contributed by atoms with Crippen molar-refractivity contribution in [2.45, 2.75) is 6.42 Å². The number of nitrogens with one attached hydrogen (secondary N) is 1.